The molecule has 0 radical (unpaired) electrons. The lowest BCUT2D eigenvalue weighted by Gasteiger charge is -2.37. The summed E-state index contributed by atoms with van der Waals surface area (Å²) < 4.78 is 2.16. The van der Waals surface area contributed by atoms with Crippen molar-refractivity contribution in [3.05, 3.63) is 48.5 Å². The molecule has 0 N–H and O–H groups in total. The maximum absolute atomic E-state index is 13.0. The smallest absolute Gasteiger partial charge is 0.227 e. The van der Waals surface area contributed by atoms with E-state index in [9.17, 15) is 4.79 Å². The van der Waals surface area contributed by atoms with Gasteiger partial charge in [0.05, 0.1) is 17.0 Å². The zero-order chi connectivity index (χ0) is 20.5. The van der Waals surface area contributed by atoms with Gasteiger partial charge in [0.1, 0.15) is 5.82 Å². The summed E-state index contributed by atoms with van der Waals surface area (Å²) in [6, 6.07) is 16.9. The number of likely N-dealkylation sites (tertiary alicyclic amines) is 1. The molecule has 3 heterocycles. The second kappa shape index (κ2) is 8.13. The van der Waals surface area contributed by atoms with Crippen molar-refractivity contribution in [2.24, 2.45) is 13.0 Å². The Morgan fingerprint density at radius 2 is 1.80 bits per heavy atom. The van der Waals surface area contributed by atoms with E-state index < -0.39 is 0 Å². The highest BCUT2D eigenvalue weighted by Gasteiger charge is 2.30. The highest BCUT2D eigenvalue weighted by molar-refractivity contribution is 5.82. The number of fused-ring (bicyclic) bond motifs is 1. The van der Waals surface area contributed by atoms with Crippen molar-refractivity contribution in [2.75, 3.05) is 31.1 Å². The Bertz CT molecular complexity index is 1050. The summed E-state index contributed by atoms with van der Waals surface area (Å²) >= 11 is 0. The van der Waals surface area contributed by atoms with E-state index in [1.54, 1.807) is 0 Å². The second-order valence-corrected chi connectivity index (χ2v) is 8.70. The lowest BCUT2D eigenvalue weighted by Crippen LogP contribution is -2.46. The molecule has 2 aliphatic heterocycles. The zero-order valence-corrected chi connectivity index (χ0v) is 17.8. The second-order valence-electron chi connectivity index (χ2n) is 8.70. The highest BCUT2D eigenvalue weighted by atomic mass is 16.2. The summed E-state index contributed by atoms with van der Waals surface area (Å²) in [5.41, 5.74) is 4.47. The van der Waals surface area contributed by atoms with Crippen molar-refractivity contribution in [1.82, 2.24) is 14.5 Å². The molecule has 1 aromatic heterocycles. The first-order chi connectivity index (χ1) is 14.7. The van der Waals surface area contributed by atoms with Crippen LogP contribution in [0.4, 0.5) is 5.69 Å². The van der Waals surface area contributed by atoms with Crippen molar-refractivity contribution in [3.8, 4) is 11.4 Å². The molecule has 2 aromatic carbocycles. The van der Waals surface area contributed by atoms with Crippen LogP contribution in [0.15, 0.2) is 48.5 Å². The Balaban J connectivity index is 1.38. The van der Waals surface area contributed by atoms with Gasteiger partial charge in [-0.3, -0.25) is 4.79 Å². The van der Waals surface area contributed by atoms with Gasteiger partial charge in [0, 0.05) is 44.5 Å². The molecule has 2 saturated heterocycles. The first-order valence-corrected chi connectivity index (χ1v) is 11.3. The molecule has 2 aliphatic rings. The fraction of sp³-hybridized carbons (Fsp3) is 0.440. The molecule has 0 aliphatic carbocycles. The van der Waals surface area contributed by atoms with Gasteiger partial charge in [-0.25, -0.2) is 4.98 Å². The predicted molar refractivity (Wildman–Crippen MR) is 122 cm³/mol. The summed E-state index contributed by atoms with van der Waals surface area (Å²) in [6.07, 6.45) is 5.65. The van der Waals surface area contributed by atoms with Gasteiger partial charge in [-0.2, -0.15) is 0 Å². The van der Waals surface area contributed by atoms with E-state index in [2.05, 4.69) is 63.9 Å². The number of anilines is 1. The van der Waals surface area contributed by atoms with E-state index in [0.29, 0.717) is 5.91 Å². The molecule has 5 heteroatoms. The summed E-state index contributed by atoms with van der Waals surface area (Å²) in [5, 5.41) is 0. The third-order valence-electron chi connectivity index (χ3n) is 6.70. The minimum Gasteiger partial charge on any atom is -0.371 e. The molecule has 156 valence electrons. The van der Waals surface area contributed by atoms with Crippen LogP contribution >= 0.6 is 0 Å². The average molecular weight is 403 g/mol. The molecule has 3 aromatic rings. The number of piperidine rings is 2. The van der Waals surface area contributed by atoms with E-state index in [-0.39, 0.29) is 5.92 Å². The van der Waals surface area contributed by atoms with Crippen LogP contribution in [0.2, 0.25) is 0 Å². The van der Waals surface area contributed by atoms with Crippen molar-refractivity contribution in [2.45, 2.75) is 32.1 Å². The number of rotatable bonds is 3. The van der Waals surface area contributed by atoms with Gasteiger partial charge < -0.3 is 14.4 Å². The fourth-order valence-electron chi connectivity index (χ4n) is 5.03. The highest BCUT2D eigenvalue weighted by Crippen LogP contribution is 2.30. The van der Waals surface area contributed by atoms with E-state index in [0.717, 1.165) is 74.3 Å². The Morgan fingerprint density at radius 1 is 0.967 bits per heavy atom. The van der Waals surface area contributed by atoms with E-state index in [1.165, 1.54) is 12.1 Å². The number of para-hydroxylation sites is 2. The summed E-state index contributed by atoms with van der Waals surface area (Å²) in [6.45, 7) is 3.71. The number of benzene rings is 2. The number of hydrogen-bond donors (Lipinski definition) is 0. The number of nitrogens with zero attached hydrogens (tertiary/aromatic N) is 4. The fourth-order valence-corrected chi connectivity index (χ4v) is 5.03. The molecule has 1 unspecified atom stereocenters. The molecule has 1 atom stereocenters. The van der Waals surface area contributed by atoms with E-state index in [1.807, 2.05) is 6.07 Å². The Hall–Kier alpha value is -2.82. The molecule has 0 spiro atoms. The van der Waals surface area contributed by atoms with Crippen LogP contribution < -0.4 is 4.90 Å². The van der Waals surface area contributed by atoms with Gasteiger partial charge in [-0.1, -0.05) is 24.3 Å². The normalized spacial score (nSPS) is 20.0. The molecule has 2 fully saturated rings. The molecule has 1 amide bonds. The molecular weight excluding hydrogens is 372 g/mol. The van der Waals surface area contributed by atoms with Crippen molar-refractivity contribution in [3.63, 3.8) is 0 Å². The maximum Gasteiger partial charge on any atom is 0.227 e. The van der Waals surface area contributed by atoms with Crippen molar-refractivity contribution < 1.29 is 4.79 Å². The Labute approximate surface area is 178 Å². The predicted octanol–water partition coefficient (Wildman–Crippen LogP) is 4.47. The van der Waals surface area contributed by atoms with E-state index >= 15 is 0 Å². The lowest BCUT2D eigenvalue weighted by molar-refractivity contribution is -0.136. The van der Waals surface area contributed by atoms with Crippen LogP contribution in [0.25, 0.3) is 22.4 Å². The number of carbonyl (C=O) groups excluding carboxylic acids is 1. The van der Waals surface area contributed by atoms with Gasteiger partial charge in [-0.05, 0) is 56.4 Å². The summed E-state index contributed by atoms with van der Waals surface area (Å²) in [4.78, 5) is 22.4. The molecule has 0 saturated carbocycles. The Morgan fingerprint density at radius 3 is 2.63 bits per heavy atom. The quantitative estimate of drug-likeness (QED) is 0.649. The number of amides is 1. The van der Waals surface area contributed by atoms with Gasteiger partial charge in [-0.15, -0.1) is 0 Å². The van der Waals surface area contributed by atoms with Crippen LogP contribution in [0, 0.1) is 5.92 Å². The summed E-state index contributed by atoms with van der Waals surface area (Å²) in [5.74, 6) is 1.47. The van der Waals surface area contributed by atoms with Gasteiger partial charge >= 0.3 is 0 Å². The molecular formula is C25H30N4O. The summed E-state index contributed by atoms with van der Waals surface area (Å²) in [7, 11) is 2.07. The first kappa shape index (κ1) is 19.2. The van der Waals surface area contributed by atoms with Crippen LogP contribution in [0.5, 0.6) is 0 Å². The minimum absolute atomic E-state index is 0.122. The van der Waals surface area contributed by atoms with Crippen LogP contribution in [-0.4, -0.2) is 46.5 Å². The number of aryl methyl sites for hydroxylation is 1. The first-order valence-electron chi connectivity index (χ1n) is 11.3. The number of aromatic nitrogens is 2. The topological polar surface area (TPSA) is 41.4 Å². The van der Waals surface area contributed by atoms with E-state index in [4.69, 9.17) is 4.98 Å². The van der Waals surface area contributed by atoms with Gasteiger partial charge in [0.15, 0.2) is 0 Å². The van der Waals surface area contributed by atoms with Crippen molar-refractivity contribution in [1.29, 1.82) is 0 Å². The van der Waals surface area contributed by atoms with Crippen LogP contribution in [0.3, 0.4) is 0 Å². The number of imidazole rings is 1. The van der Waals surface area contributed by atoms with Gasteiger partial charge in [0.25, 0.3) is 0 Å². The third-order valence-corrected chi connectivity index (χ3v) is 6.70. The monoisotopic (exact) mass is 402 g/mol. The van der Waals surface area contributed by atoms with Crippen LogP contribution in [0.1, 0.15) is 32.1 Å². The maximum atomic E-state index is 13.0. The largest absolute Gasteiger partial charge is 0.371 e. The zero-order valence-electron chi connectivity index (χ0n) is 17.8. The number of hydrogen-bond acceptors (Lipinski definition) is 3. The third kappa shape index (κ3) is 3.57. The van der Waals surface area contributed by atoms with Crippen molar-refractivity contribution >= 4 is 22.6 Å². The average Bonchev–Trinajstić information content (AvgIpc) is 3.16. The number of carbonyl (C=O) groups is 1. The molecule has 5 rings (SSSR count). The lowest BCUT2D eigenvalue weighted by atomic mass is 9.95. The molecule has 30 heavy (non-hydrogen) atoms. The molecule has 5 nitrogen and oxygen atoms in total. The minimum atomic E-state index is 0.122. The standard InChI is InChI=1S/C25H30N4O/c1-27-23-13-4-3-12-22(23)26-24(27)19-9-7-11-21(17-19)29-16-8-10-20(18-29)25(30)28-14-5-2-6-15-28/h3-4,7,9,11-13,17,20H,2,5-6,8,10,14-16,18H2,1H3. The molecule has 0 bridgehead atoms. The van der Waals surface area contributed by atoms with Crippen LogP contribution in [-0.2, 0) is 11.8 Å². The van der Waals surface area contributed by atoms with Gasteiger partial charge in [0.2, 0.25) is 5.91 Å². The Kier molecular flexibility index (Phi) is 5.19. The SMILES string of the molecule is Cn1c(-c2cccc(N3CCCC(C(=O)N4CCCCC4)C3)c2)nc2ccccc21.